The van der Waals surface area contributed by atoms with Gasteiger partial charge >= 0.3 is 0 Å². The smallest absolute Gasteiger partial charge is 0.219 e. The largest absolute Gasteiger partial charge is 0.490 e. The first-order chi connectivity index (χ1) is 10.7. The van der Waals surface area contributed by atoms with Crippen LogP contribution in [0.1, 0.15) is 31.4 Å². The van der Waals surface area contributed by atoms with Gasteiger partial charge in [0.1, 0.15) is 11.9 Å². The Hall–Kier alpha value is -1.30. The minimum absolute atomic E-state index is 0. The quantitative estimate of drug-likeness (QED) is 0.916. The molecule has 2 aliphatic rings. The second kappa shape index (κ2) is 8.52. The van der Waals surface area contributed by atoms with Gasteiger partial charge in [0.05, 0.1) is 12.7 Å². The molecule has 2 aliphatic heterocycles. The second-order valence-corrected chi connectivity index (χ2v) is 5.96. The van der Waals surface area contributed by atoms with E-state index in [1.165, 1.54) is 5.56 Å². The number of hydrogen-bond donors (Lipinski definition) is 1. The maximum absolute atomic E-state index is 11.3. The van der Waals surface area contributed by atoms with E-state index in [1.807, 2.05) is 17.0 Å². The van der Waals surface area contributed by atoms with E-state index in [9.17, 15) is 4.79 Å². The normalized spacial score (nSPS) is 22.3. The molecule has 0 radical (unpaired) electrons. The molecular weight excluding hydrogens is 316 g/mol. The molecule has 0 bridgehead atoms. The van der Waals surface area contributed by atoms with Crippen LogP contribution in [0, 0.1) is 0 Å². The highest BCUT2D eigenvalue weighted by Crippen LogP contribution is 2.24. The number of hydrogen-bond acceptors (Lipinski definition) is 4. The molecule has 1 N–H and O–H groups in total. The number of halogens is 1. The summed E-state index contributed by atoms with van der Waals surface area (Å²) in [5.74, 6) is 1.05. The Morgan fingerprint density at radius 1 is 1.26 bits per heavy atom. The van der Waals surface area contributed by atoms with Crippen LogP contribution in [0.5, 0.6) is 5.75 Å². The maximum atomic E-state index is 11.3. The summed E-state index contributed by atoms with van der Waals surface area (Å²) in [5.41, 5.74) is 1.19. The van der Waals surface area contributed by atoms with Crippen LogP contribution in [0.3, 0.4) is 0 Å². The van der Waals surface area contributed by atoms with E-state index in [4.69, 9.17) is 9.47 Å². The fourth-order valence-electron chi connectivity index (χ4n) is 3.02. The van der Waals surface area contributed by atoms with Gasteiger partial charge in [-0.2, -0.15) is 0 Å². The van der Waals surface area contributed by atoms with Crippen LogP contribution < -0.4 is 10.1 Å². The first-order valence-corrected chi connectivity index (χ1v) is 8.07. The lowest BCUT2D eigenvalue weighted by Crippen LogP contribution is -2.40. The van der Waals surface area contributed by atoms with Gasteiger partial charge in [0.2, 0.25) is 5.91 Å². The molecule has 1 aromatic carbocycles. The number of benzene rings is 1. The summed E-state index contributed by atoms with van der Waals surface area (Å²) < 4.78 is 11.8. The number of carbonyl (C=O) groups is 1. The lowest BCUT2D eigenvalue weighted by molar-refractivity contribution is -0.130. The van der Waals surface area contributed by atoms with Crippen LogP contribution in [-0.4, -0.2) is 49.7 Å². The average molecular weight is 341 g/mol. The monoisotopic (exact) mass is 340 g/mol. The molecule has 2 fully saturated rings. The summed E-state index contributed by atoms with van der Waals surface area (Å²) in [6.45, 7) is 5.76. The fourth-order valence-corrected chi connectivity index (χ4v) is 3.02. The fraction of sp³-hybridized carbons (Fsp3) is 0.588. The molecule has 1 unspecified atom stereocenters. The Labute approximate surface area is 143 Å². The number of ether oxygens (including phenoxy) is 2. The molecule has 0 aliphatic carbocycles. The number of rotatable bonds is 3. The second-order valence-electron chi connectivity index (χ2n) is 5.96. The number of nitrogens with one attached hydrogen (secondary N) is 1. The molecule has 1 atom stereocenters. The summed E-state index contributed by atoms with van der Waals surface area (Å²) >= 11 is 0. The highest BCUT2D eigenvalue weighted by molar-refractivity contribution is 5.85. The average Bonchev–Trinajstić information content (AvgIpc) is 2.57. The van der Waals surface area contributed by atoms with E-state index in [0.29, 0.717) is 0 Å². The first-order valence-electron chi connectivity index (χ1n) is 8.07. The van der Waals surface area contributed by atoms with Crippen LogP contribution in [0.2, 0.25) is 0 Å². The maximum Gasteiger partial charge on any atom is 0.219 e. The van der Waals surface area contributed by atoms with E-state index in [1.54, 1.807) is 6.92 Å². The molecule has 128 valence electrons. The number of nitrogens with zero attached hydrogens (tertiary/aromatic N) is 1. The molecule has 1 aromatic rings. The molecule has 3 rings (SSSR count). The van der Waals surface area contributed by atoms with Crippen molar-refractivity contribution in [3.05, 3.63) is 29.8 Å². The van der Waals surface area contributed by atoms with Crippen molar-refractivity contribution in [2.24, 2.45) is 0 Å². The summed E-state index contributed by atoms with van der Waals surface area (Å²) in [7, 11) is 0. The Morgan fingerprint density at radius 3 is 2.52 bits per heavy atom. The van der Waals surface area contributed by atoms with Crippen molar-refractivity contribution in [2.75, 3.05) is 32.8 Å². The SMILES string of the molecule is CC(=O)N1CCC(Oc2ccc(C3CNCCO3)cc2)CC1.Cl. The number of carbonyl (C=O) groups excluding carboxylic acids is 1. The van der Waals surface area contributed by atoms with Crippen molar-refractivity contribution in [2.45, 2.75) is 32.0 Å². The van der Waals surface area contributed by atoms with Gasteiger partial charge < -0.3 is 19.7 Å². The summed E-state index contributed by atoms with van der Waals surface area (Å²) in [4.78, 5) is 13.2. The van der Waals surface area contributed by atoms with Gasteiger partial charge in [-0.3, -0.25) is 4.79 Å². The lowest BCUT2D eigenvalue weighted by atomic mass is 10.1. The van der Waals surface area contributed by atoms with Crippen molar-refractivity contribution in [1.82, 2.24) is 10.2 Å². The van der Waals surface area contributed by atoms with Crippen LogP contribution >= 0.6 is 12.4 Å². The van der Waals surface area contributed by atoms with Gasteiger partial charge in [-0.15, -0.1) is 12.4 Å². The van der Waals surface area contributed by atoms with Gasteiger partial charge in [-0.1, -0.05) is 12.1 Å². The lowest BCUT2D eigenvalue weighted by Gasteiger charge is -2.31. The van der Waals surface area contributed by atoms with Gasteiger partial charge in [-0.05, 0) is 17.7 Å². The third-order valence-corrected chi connectivity index (χ3v) is 4.37. The molecule has 0 aromatic heterocycles. The first kappa shape index (κ1) is 18.0. The summed E-state index contributed by atoms with van der Waals surface area (Å²) in [6.07, 6.45) is 2.14. The molecule has 5 nitrogen and oxygen atoms in total. The van der Waals surface area contributed by atoms with Crippen LogP contribution in [-0.2, 0) is 9.53 Å². The molecule has 0 saturated carbocycles. The van der Waals surface area contributed by atoms with Crippen molar-refractivity contribution in [1.29, 1.82) is 0 Å². The van der Waals surface area contributed by atoms with Crippen LogP contribution in [0.4, 0.5) is 0 Å². The Morgan fingerprint density at radius 2 is 1.96 bits per heavy atom. The third kappa shape index (κ3) is 4.83. The molecule has 2 heterocycles. The molecule has 6 heteroatoms. The molecule has 23 heavy (non-hydrogen) atoms. The topological polar surface area (TPSA) is 50.8 Å². The number of amides is 1. The van der Waals surface area contributed by atoms with Crippen molar-refractivity contribution in [3.63, 3.8) is 0 Å². The van der Waals surface area contributed by atoms with Crippen LogP contribution in [0.15, 0.2) is 24.3 Å². The zero-order valence-electron chi connectivity index (χ0n) is 13.5. The van der Waals surface area contributed by atoms with Crippen molar-refractivity contribution < 1.29 is 14.3 Å². The van der Waals surface area contributed by atoms with E-state index >= 15 is 0 Å². The molecule has 1 amide bonds. The van der Waals surface area contributed by atoms with Crippen molar-refractivity contribution >= 4 is 18.3 Å². The number of likely N-dealkylation sites (tertiary alicyclic amines) is 1. The van der Waals surface area contributed by atoms with E-state index < -0.39 is 0 Å². The summed E-state index contributed by atoms with van der Waals surface area (Å²) in [5, 5.41) is 3.34. The Bertz CT molecular complexity index is 495. The van der Waals surface area contributed by atoms with Crippen molar-refractivity contribution in [3.8, 4) is 5.75 Å². The van der Waals surface area contributed by atoms with Gasteiger partial charge in [0.25, 0.3) is 0 Å². The highest BCUT2D eigenvalue weighted by Gasteiger charge is 2.22. The van der Waals surface area contributed by atoms with E-state index in [2.05, 4.69) is 17.4 Å². The number of morpholine rings is 1. The minimum Gasteiger partial charge on any atom is -0.490 e. The van der Waals surface area contributed by atoms with E-state index in [-0.39, 0.29) is 30.5 Å². The number of piperidine rings is 1. The zero-order valence-corrected chi connectivity index (χ0v) is 14.3. The highest BCUT2D eigenvalue weighted by atomic mass is 35.5. The predicted molar refractivity (Wildman–Crippen MR) is 91.2 cm³/mol. The third-order valence-electron chi connectivity index (χ3n) is 4.37. The minimum atomic E-state index is 0. The molecule has 0 spiro atoms. The van der Waals surface area contributed by atoms with Crippen LogP contribution in [0.25, 0.3) is 0 Å². The van der Waals surface area contributed by atoms with Gasteiger partial charge in [0.15, 0.2) is 0 Å². The standard InChI is InChI=1S/C17H24N2O3.ClH/c1-13(20)19-9-6-16(7-10-19)22-15-4-2-14(3-5-15)17-12-18-8-11-21-17;/h2-5,16-18H,6-12H2,1H3;1H. The van der Waals surface area contributed by atoms with Gasteiger partial charge in [-0.25, -0.2) is 0 Å². The summed E-state index contributed by atoms with van der Waals surface area (Å²) in [6, 6.07) is 8.20. The molecule has 2 saturated heterocycles. The van der Waals surface area contributed by atoms with Gasteiger partial charge in [0, 0.05) is 45.9 Å². The van der Waals surface area contributed by atoms with E-state index in [0.717, 1.165) is 51.4 Å². The molecular formula is C17H25ClN2O3. The zero-order chi connectivity index (χ0) is 15.4. The predicted octanol–water partition coefficient (Wildman–Crippen LogP) is 2.16. The Balaban J connectivity index is 0.00000192. The Kier molecular flexibility index (Phi) is 6.69.